The molecule has 0 bridgehead atoms. The average Bonchev–Trinajstić information content (AvgIpc) is 2.44. The molecule has 2 aromatic rings. The van der Waals surface area contributed by atoms with Crippen LogP contribution >= 0.6 is 0 Å². The van der Waals surface area contributed by atoms with Gasteiger partial charge in [-0.3, -0.25) is 0 Å². The summed E-state index contributed by atoms with van der Waals surface area (Å²) in [5, 5.41) is 0. The Hall–Kier alpha value is 1.30. The van der Waals surface area contributed by atoms with E-state index in [9.17, 15) is 25.9 Å². The van der Waals surface area contributed by atoms with Gasteiger partial charge in [0.15, 0.2) is 0 Å². The number of hydrogen-bond acceptors (Lipinski definition) is 6. The fourth-order valence-corrected chi connectivity index (χ4v) is 8.32. The maximum Gasteiger partial charge on any atom is 1.00 e. The number of hydrogen-bond donors (Lipinski definition) is 0. The van der Waals surface area contributed by atoms with E-state index in [1.54, 1.807) is 24.3 Å². The van der Waals surface area contributed by atoms with Gasteiger partial charge >= 0.3 is 199 Å². The zero-order valence-corrected chi connectivity index (χ0v) is 21.8. The summed E-state index contributed by atoms with van der Waals surface area (Å²) in [6, 6.07) is 11.5. The van der Waals surface area contributed by atoms with Gasteiger partial charge in [-0.05, 0) is 0 Å². The van der Waals surface area contributed by atoms with E-state index in [0.717, 1.165) is 8.92 Å². The smallest absolute Gasteiger partial charge is 1.00 e. The van der Waals surface area contributed by atoms with Crippen LogP contribution in [0.2, 0.25) is 0 Å². The van der Waals surface area contributed by atoms with Crippen LogP contribution in [0.15, 0.2) is 58.3 Å². The van der Waals surface area contributed by atoms with Gasteiger partial charge in [0.2, 0.25) is 0 Å². The molecule has 24 heavy (non-hydrogen) atoms. The minimum atomic E-state index is -4.43. The molecule has 6 nitrogen and oxygen atoms in total. The monoisotopic (exact) mass is 518 g/mol. The van der Waals surface area contributed by atoms with Crippen LogP contribution in [0.4, 0.5) is 0 Å². The Morgan fingerprint density at radius 2 is 0.833 bits per heavy atom. The first-order valence-corrected chi connectivity index (χ1v) is 14.5. The predicted octanol–water partition coefficient (Wildman–Crippen LogP) is -7.22. The van der Waals surface area contributed by atoms with Crippen LogP contribution in [-0.4, -0.2) is 52.2 Å². The van der Waals surface area contributed by atoms with Gasteiger partial charge in [-0.25, -0.2) is 0 Å². The molecule has 0 unspecified atom stereocenters. The van der Waals surface area contributed by atoms with Gasteiger partial charge in [0, 0.05) is 0 Å². The normalized spacial score (nSPS) is 11.2. The van der Waals surface area contributed by atoms with Gasteiger partial charge in [-0.15, -0.1) is 0 Å². The molecule has 0 amide bonds. The minimum absolute atomic E-state index is 0. The van der Waals surface area contributed by atoms with Gasteiger partial charge in [-0.1, -0.05) is 0 Å². The van der Waals surface area contributed by atoms with E-state index in [1.807, 2.05) is 0 Å². The van der Waals surface area contributed by atoms with Gasteiger partial charge in [-0.2, -0.15) is 0 Å². The molecule has 12 heteroatoms. The maximum atomic E-state index is 10.8. The first kappa shape index (κ1) is 25.3. The molecule has 2 rings (SSSR count). The van der Waals surface area contributed by atoms with Gasteiger partial charge in [0.05, 0.1) is 0 Å². The topological polar surface area (TPSA) is 114 Å². The summed E-state index contributed by atoms with van der Waals surface area (Å²) in [7, 11) is -8.86. The van der Waals surface area contributed by atoms with Crippen molar-refractivity contribution < 1.29 is 85.1 Å². The standard InChI is InChI=1S/C12H10O6S2Se2.2Na/c13-19(14,15)9-1-5-11(6-2-9)21-22-12-7-3-10(4-8-12)20(16,17)18;;/h1-8H,(H,13,14,15)(H,16,17,18);;/q;2*+1/p-2. The van der Waals surface area contributed by atoms with Gasteiger partial charge in [0.1, 0.15) is 0 Å². The Morgan fingerprint density at radius 1 is 0.583 bits per heavy atom. The molecule has 0 aliphatic carbocycles. The Balaban J connectivity index is 0.00000264. The molecule has 0 saturated carbocycles. The molecular formula is C12H8Na2O6S2Se2. The van der Waals surface area contributed by atoms with Crippen molar-refractivity contribution in [2.45, 2.75) is 9.79 Å². The second-order valence-corrected chi connectivity index (χ2v) is 13.1. The first-order chi connectivity index (χ1) is 10.2. The van der Waals surface area contributed by atoms with Crippen LogP contribution in [0, 0.1) is 0 Å². The summed E-state index contributed by atoms with van der Waals surface area (Å²) in [5.41, 5.74) is 0. The Morgan fingerprint density at radius 3 is 1.04 bits per heavy atom. The number of rotatable bonds is 5. The predicted molar refractivity (Wildman–Crippen MR) is 79.6 cm³/mol. The molecule has 2 aromatic carbocycles. The molecule has 0 fully saturated rings. The third kappa shape index (κ3) is 7.90. The van der Waals surface area contributed by atoms with Crippen LogP contribution < -0.4 is 68.0 Å². The maximum absolute atomic E-state index is 10.8. The van der Waals surface area contributed by atoms with E-state index in [2.05, 4.69) is 0 Å². The molecule has 0 aliphatic heterocycles. The summed E-state index contributed by atoms with van der Waals surface area (Å²) >= 11 is 0.103. The molecule has 0 aromatic heterocycles. The fraction of sp³-hybridized carbons (Fsp3) is 0. The molecule has 0 radical (unpaired) electrons. The summed E-state index contributed by atoms with van der Waals surface area (Å²) in [4.78, 5) is -0.519. The van der Waals surface area contributed by atoms with E-state index in [4.69, 9.17) is 0 Å². The molecule has 118 valence electrons. The molecular weight excluding hydrogens is 508 g/mol. The summed E-state index contributed by atoms with van der Waals surface area (Å²) < 4.78 is 66.8. The van der Waals surface area contributed by atoms with Crippen LogP contribution in [0.1, 0.15) is 0 Å². The van der Waals surface area contributed by atoms with Crippen LogP contribution in [0.5, 0.6) is 0 Å². The fourth-order valence-electron chi connectivity index (χ4n) is 1.42. The van der Waals surface area contributed by atoms with Crippen molar-refractivity contribution in [3.63, 3.8) is 0 Å². The van der Waals surface area contributed by atoms with E-state index in [-0.39, 0.29) is 95.2 Å². The summed E-state index contributed by atoms with van der Waals surface area (Å²) in [6.45, 7) is 0. The Bertz CT molecular complexity index is 793. The molecule has 0 atom stereocenters. The van der Waals surface area contributed by atoms with Crippen molar-refractivity contribution in [1.82, 2.24) is 0 Å². The first-order valence-electron chi connectivity index (χ1n) is 5.63. The largest absolute Gasteiger partial charge is 1.00 e. The Kier molecular flexibility index (Phi) is 11.2. The third-order valence-electron chi connectivity index (χ3n) is 2.46. The van der Waals surface area contributed by atoms with Gasteiger partial charge < -0.3 is 0 Å². The zero-order chi connectivity index (χ0) is 16.4. The SMILES string of the molecule is O=S(=O)([O-])c1ccc([Se][Se]c2ccc(S(=O)(=O)[O-])cc2)cc1.[Na+].[Na+]. The molecule has 0 spiro atoms. The molecule has 0 saturated heterocycles. The van der Waals surface area contributed by atoms with Crippen LogP contribution in [0.25, 0.3) is 0 Å². The van der Waals surface area contributed by atoms with Crippen LogP contribution in [-0.2, 0) is 20.2 Å². The second kappa shape index (κ2) is 10.6. The van der Waals surface area contributed by atoms with E-state index >= 15 is 0 Å². The van der Waals surface area contributed by atoms with E-state index in [0.29, 0.717) is 0 Å². The van der Waals surface area contributed by atoms with Crippen molar-refractivity contribution in [1.29, 1.82) is 0 Å². The average molecular weight is 516 g/mol. The van der Waals surface area contributed by atoms with E-state index in [1.165, 1.54) is 24.3 Å². The van der Waals surface area contributed by atoms with Crippen molar-refractivity contribution in [2.75, 3.05) is 0 Å². The zero-order valence-electron chi connectivity index (χ0n) is 12.7. The minimum Gasteiger partial charge on any atom is 1.00 e. The third-order valence-corrected chi connectivity index (χ3v) is 11.4. The number of benzene rings is 2. The Labute approximate surface area is 196 Å². The molecule has 0 N–H and O–H groups in total. The summed E-state index contributed by atoms with van der Waals surface area (Å²) in [6.07, 6.45) is 0. The molecule has 0 aliphatic rings. The van der Waals surface area contributed by atoms with Gasteiger partial charge in [0.25, 0.3) is 0 Å². The van der Waals surface area contributed by atoms with E-state index < -0.39 is 20.2 Å². The van der Waals surface area contributed by atoms with Crippen molar-refractivity contribution in [2.24, 2.45) is 0 Å². The summed E-state index contributed by atoms with van der Waals surface area (Å²) in [5.74, 6) is 0. The van der Waals surface area contributed by atoms with Crippen molar-refractivity contribution >= 4 is 55.4 Å². The quantitative estimate of drug-likeness (QED) is 0.289. The molecule has 0 heterocycles. The van der Waals surface area contributed by atoms with Crippen molar-refractivity contribution in [3.8, 4) is 0 Å². The van der Waals surface area contributed by atoms with Crippen LogP contribution in [0.3, 0.4) is 0 Å². The van der Waals surface area contributed by atoms with Crippen molar-refractivity contribution in [3.05, 3.63) is 48.5 Å². The second-order valence-electron chi connectivity index (χ2n) is 4.02.